The summed E-state index contributed by atoms with van der Waals surface area (Å²) in [6.45, 7) is 0.150. The Balaban J connectivity index is 1.61. The van der Waals surface area contributed by atoms with Crippen molar-refractivity contribution in [3.63, 3.8) is 0 Å². The Hall–Kier alpha value is -3.92. The lowest BCUT2D eigenvalue weighted by atomic mass is 10.2. The lowest BCUT2D eigenvalue weighted by Gasteiger charge is -2.14. The van der Waals surface area contributed by atoms with Gasteiger partial charge in [-0.3, -0.25) is 18.7 Å². The van der Waals surface area contributed by atoms with Crippen LogP contribution < -0.4 is 17.0 Å². The third kappa shape index (κ3) is 4.37. The molecule has 0 fully saturated rings. The number of carbonyl (C=O) groups excluding carboxylic acids is 1. The molecule has 0 aliphatic carbocycles. The number of anilines is 1. The maximum atomic E-state index is 13.0. The number of thioether (sulfide) groups is 1. The van der Waals surface area contributed by atoms with Crippen LogP contribution in [0.25, 0.3) is 11.4 Å². The zero-order chi connectivity index (χ0) is 23.5. The van der Waals surface area contributed by atoms with Crippen LogP contribution in [0.2, 0.25) is 0 Å². The number of benzene rings is 2. The molecule has 0 aliphatic heterocycles. The summed E-state index contributed by atoms with van der Waals surface area (Å²) >= 11 is 1.15. The van der Waals surface area contributed by atoms with Gasteiger partial charge in [-0.05, 0) is 5.56 Å². The van der Waals surface area contributed by atoms with Crippen LogP contribution >= 0.6 is 11.8 Å². The Kier molecular flexibility index (Phi) is 6.27. The lowest BCUT2D eigenvalue weighted by Crippen LogP contribution is -2.43. The van der Waals surface area contributed by atoms with Crippen molar-refractivity contribution in [3.05, 3.63) is 92.6 Å². The summed E-state index contributed by atoms with van der Waals surface area (Å²) in [7, 11) is 3.15. The molecule has 4 rings (SSSR count). The molecule has 4 aromatic rings. The SMILES string of the molecule is Cn1c(SCC(=O)c2c(N)n(Cc3ccccc3)c(=O)n(C)c2=O)nnc1-c1ccccc1. The first-order chi connectivity index (χ1) is 15.9. The van der Waals surface area contributed by atoms with E-state index in [-0.39, 0.29) is 23.7 Å². The third-order valence-corrected chi connectivity index (χ3v) is 6.27. The molecule has 0 saturated carbocycles. The minimum atomic E-state index is -0.713. The monoisotopic (exact) mass is 462 g/mol. The molecule has 0 aliphatic rings. The van der Waals surface area contributed by atoms with Crippen LogP contribution in [0.1, 0.15) is 15.9 Å². The predicted molar refractivity (Wildman–Crippen MR) is 127 cm³/mol. The number of nitrogens with zero attached hydrogens (tertiary/aromatic N) is 5. The first-order valence-corrected chi connectivity index (χ1v) is 11.1. The van der Waals surface area contributed by atoms with Crippen LogP contribution in [0.15, 0.2) is 75.4 Å². The van der Waals surface area contributed by atoms with E-state index in [4.69, 9.17) is 5.73 Å². The second-order valence-corrected chi connectivity index (χ2v) is 8.36. The van der Waals surface area contributed by atoms with E-state index < -0.39 is 17.0 Å². The van der Waals surface area contributed by atoms with E-state index in [0.29, 0.717) is 11.0 Å². The third-order valence-electron chi connectivity index (χ3n) is 5.24. The van der Waals surface area contributed by atoms with E-state index in [1.54, 1.807) is 4.57 Å². The standard InChI is InChI=1S/C23H22N6O3S/c1-27-20(16-11-7-4-8-12-16)25-26-22(27)33-14-17(30)18-19(24)29(23(32)28(2)21(18)31)13-15-9-5-3-6-10-15/h3-12H,13-14,24H2,1-2H3. The maximum Gasteiger partial charge on any atom is 0.332 e. The summed E-state index contributed by atoms with van der Waals surface area (Å²) in [6, 6.07) is 18.8. The van der Waals surface area contributed by atoms with E-state index in [1.807, 2.05) is 67.7 Å². The van der Waals surface area contributed by atoms with Crippen LogP contribution in [-0.2, 0) is 20.6 Å². The van der Waals surface area contributed by atoms with E-state index in [1.165, 1.54) is 11.6 Å². The molecule has 2 heterocycles. The van der Waals surface area contributed by atoms with Gasteiger partial charge in [0.2, 0.25) is 0 Å². The minimum absolute atomic E-state index is 0.0796. The van der Waals surface area contributed by atoms with Gasteiger partial charge in [-0.2, -0.15) is 0 Å². The Morgan fingerprint density at radius 1 is 0.939 bits per heavy atom. The highest BCUT2D eigenvalue weighted by Crippen LogP contribution is 2.23. The van der Waals surface area contributed by atoms with Gasteiger partial charge in [0.1, 0.15) is 11.4 Å². The van der Waals surface area contributed by atoms with Crippen molar-refractivity contribution < 1.29 is 4.79 Å². The molecule has 2 aromatic heterocycles. The molecule has 9 nitrogen and oxygen atoms in total. The van der Waals surface area contributed by atoms with Gasteiger partial charge in [0.15, 0.2) is 16.8 Å². The molecule has 2 aromatic carbocycles. The number of rotatable bonds is 7. The van der Waals surface area contributed by atoms with Crippen molar-refractivity contribution in [2.75, 3.05) is 11.5 Å². The number of hydrogen-bond acceptors (Lipinski definition) is 7. The average Bonchev–Trinajstić information content (AvgIpc) is 3.20. The number of nitrogens with two attached hydrogens (primary N) is 1. The van der Waals surface area contributed by atoms with Crippen molar-refractivity contribution in [2.45, 2.75) is 11.7 Å². The predicted octanol–water partition coefficient (Wildman–Crippen LogP) is 1.95. The minimum Gasteiger partial charge on any atom is -0.384 e. The van der Waals surface area contributed by atoms with Crippen LogP contribution in [0, 0.1) is 0 Å². The van der Waals surface area contributed by atoms with E-state index in [9.17, 15) is 14.4 Å². The van der Waals surface area contributed by atoms with E-state index in [0.717, 1.165) is 27.5 Å². The van der Waals surface area contributed by atoms with Crippen molar-refractivity contribution in [1.29, 1.82) is 0 Å². The van der Waals surface area contributed by atoms with Gasteiger partial charge in [0.05, 0.1) is 12.3 Å². The Morgan fingerprint density at radius 2 is 1.58 bits per heavy atom. The summed E-state index contributed by atoms with van der Waals surface area (Å²) in [5.41, 5.74) is 6.40. The number of aromatic nitrogens is 5. The summed E-state index contributed by atoms with van der Waals surface area (Å²) in [5.74, 6) is -0.0361. The molecule has 0 radical (unpaired) electrons. The van der Waals surface area contributed by atoms with Gasteiger partial charge in [-0.1, -0.05) is 72.4 Å². The Labute approximate surface area is 193 Å². The van der Waals surface area contributed by atoms with Crippen molar-refractivity contribution in [2.24, 2.45) is 14.1 Å². The summed E-state index contributed by atoms with van der Waals surface area (Å²) in [5, 5.41) is 8.89. The molecular formula is C23H22N6O3S. The molecule has 2 N–H and O–H groups in total. The largest absolute Gasteiger partial charge is 0.384 e. The number of carbonyl (C=O) groups is 1. The van der Waals surface area contributed by atoms with Crippen LogP contribution in [0.4, 0.5) is 5.82 Å². The van der Waals surface area contributed by atoms with Gasteiger partial charge < -0.3 is 10.3 Å². The fourth-order valence-electron chi connectivity index (χ4n) is 3.45. The highest BCUT2D eigenvalue weighted by molar-refractivity contribution is 7.99. The van der Waals surface area contributed by atoms with Gasteiger partial charge in [-0.15, -0.1) is 10.2 Å². The zero-order valence-corrected chi connectivity index (χ0v) is 19.0. The number of ketones is 1. The number of nitrogen functional groups attached to an aromatic ring is 1. The highest BCUT2D eigenvalue weighted by Gasteiger charge is 2.22. The summed E-state index contributed by atoms with van der Waals surface area (Å²) in [4.78, 5) is 38.4. The fourth-order valence-corrected chi connectivity index (χ4v) is 4.23. The summed E-state index contributed by atoms with van der Waals surface area (Å²) < 4.78 is 3.93. The fraction of sp³-hybridized carbons (Fsp3) is 0.174. The van der Waals surface area contributed by atoms with E-state index >= 15 is 0 Å². The van der Waals surface area contributed by atoms with Gasteiger partial charge in [-0.25, -0.2) is 4.79 Å². The Morgan fingerprint density at radius 3 is 2.24 bits per heavy atom. The Bertz CT molecular complexity index is 1420. The quantitative estimate of drug-likeness (QED) is 0.329. The molecule has 33 heavy (non-hydrogen) atoms. The van der Waals surface area contributed by atoms with Crippen LogP contribution in [-0.4, -0.2) is 35.4 Å². The molecule has 10 heteroatoms. The molecular weight excluding hydrogens is 440 g/mol. The van der Waals surface area contributed by atoms with Crippen molar-refractivity contribution in [3.8, 4) is 11.4 Å². The number of hydrogen-bond donors (Lipinski definition) is 1. The first-order valence-electron chi connectivity index (χ1n) is 10.1. The van der Waals surface area contributed by atoms with Crippen molar-refractivity contribution in [1.82, 2.24) is 23.9 Å². The molecule has 168 valence electrons. The van der Waals surface area contributed by atoms with Crippen molar-refractivity contribution >= 4 is 23.4 Å². The van der Waals surface area contributed by atoms with Crippen LogP contribution in [0.3, 0.4) is 0 Å². The average molecular weight is 463 g/mol. The lowest BCUT2D eigenvalue weighted by molar-refractivity contribution is 0.102. The zero-order valence-electron chi connectivity index (χ0n) is 18.1. The van der Waals surface area contributed by atoms with Gasteiger partial charge >= 0.3 is 5.69 Å². The first kappa shape index (κ1) is 22.3. The maximum absolute atomic E-state index is 13.0. The second kappa shape index (κ2) is 9.29. The topological polar surface area (TPSA) is 118 Å². The number of Topliss-reactive ketones (excluding diaryl/α,β-unsaturated/α-hetero) is 1. The van der Waals surface area contributed by atoms with Crippen LogP contribution in [0.5, 0.6) is 0 Å². The molecule has 0 spiro atoms. The normalized spacial score (nSPS) is 11.0. The smallest absolute Gasteiger partial charge is 0.332 e. The highest BCUT2D eigenvalue weighted by atomic mass is 32.2. The molecule has 0 amide bonds. The van der Waals surface area contributed by atoms with E-state index in [2.05, 4.69) is 10.2 Å². The summed E-state index contributed by atoms with van der Waals surface area (Å²) in [6.07, 6.45) is 0. The molecule has 0 bridgehead atoms. The molecule has 0 atom stereocenters. The molecule has 0 saturated heterocycles. The second-order valence-electron chi connectivity index (χ2n) is 7.42. The molecule has 0 unspecified atom stereocenters. The van der Waals surface area contributed by atoms with Gasteiger partial charge in [0, 0.05) is 19.7 Å². The van der Waals surface area contributed by atoms with Gasteiger partial charge in [0.25, 0.3) is 5.56 Å².